The summed E-state index contributed by atoms with van der Waals surface area (Å²) in [4.78, 5) is 12.7. The summed E-state index contributed by atoms with van der Waals surface area (Å²) in [5, 5.41) is 6.70. The van der Waals surface area contributed by atoms with Gasteiger partial charge in [-0.3, -0.25) is 4.79 Å². The van der Waals surface area contributed by atoms with Crippen LogP contribution in [-0.4, -0.2) is 22.3 Å². The number of anilines is 1. The fourth-order valence-corrected chi connectivity index (χ4v) is 3.26. The Hall–Kier alpha value is -2.84. The van der Waals surface area contributed by atoms with Gasteiger partial charge in [0.15, 0.2) is 5.69 Å². The zero-order chi connectivity index (χ0) is 22.0. The van der Waals surface area contributed by atoms with E-state index in [2.05, 4.69) is 10.4 Å². The van der Waals surface area contributed by atoms with Gasteiger partial charge < -0.3 is 10.1 Å². The molecule has 3 aromatic rings. The van der Waals surface area contributed by atoms with Gasteiger partial charge in [-0.2, -0.15) is 18.3 Å². The molecule has 1 aromatic heterocycles. The fraction of sp³-hybridized carbons (Fsp3) is 0.273. The Bertz CT molecular complexity index is 1080. The lowest BCUT2D eigenvalue weighted by molar-refractivity contribution is -0.143. The molecule has 4 rings (SSSR count). The van der Waals surface area contributed by atoms with Gasteiger partial charge in [-0.15, -0.1) is 0 Å². The minimum atomic E-state index is -4.79. The average Bonchev–Trinajstić information content (AvgIpc) is 3.42. The average molecular weight is 450 g/mol. The normalized spacial score (nSPS) is 13.9. The number of amides is 1. The summed E-state index contributed by atoms with van der Waals surface area (Å²) in [7, 11) is 0. The van der Waals surface area contributed by atoms with Gasteiger partial charge in [-0.05, 0) is 60.7 Å². The third kappa shape index (κ3) is 5.26. The van der Waals surface area contributed by atoms with Gasteiger partial charge in [-0.1, -0.05) is 23.7 Å². The van der Waals surface area contributed by atoms with Crippen molar-refractivity contribution in [1.29, 1.82) is 0 Å². The van der Waals surface area contributed by atoms with Gasteiger partial charge in [0.1, 0.15) is 0 Å². The highest BCUT2D eigenvalue weighted by Crippen LogP contribution is 2.34. The van der Waals surface area contributed by atoms with E-state index in [0.717, 1.165) is 11.8 Å². The van der Waals surface area contributed by atoms with Crippen LogP contribution in [0, 0.1) is 5.92 Å². The second-order valence-corrected chi connectivity index (χ2v) is 7.84. The maximum atomic E-state index is 13.8. The first-order valence-electron chi connectivity index (χ1n) is 9.70. The summed E-state index contributed by atoms with van der Waals surface area (Å²) in [5.41, 5.74) is -0.379. The molecule has 0 unspecified atom stereocenters. The molecule has 0 atom stereocenters. The van der Waals surface area contributed by atoms with Gasteiger partial charge >= 0.3 is 6.18 Å². The van der Waals surface area contributed by atoms with Crippen LogP contribution in [0.5, 0.6) is 0 Å². The van der Waals surface area contributed by atoms with Gasteiger partial charge in [-0.25, -0.2) is 4.68 Å². The Morgan fingerprint density at radius 1 is 1.19 bits per heavy atom. The maximum absolute atomic E-state index is 13.8. The van der Waals surface area contributed by atoms with E-state index in [1.165, 1.54) is 37.1 Å². The molecule has 1 saturated carbocycles. The number of rotatable bonds is 7. The molecule has 162 valence electrons. The number of aromatic nitrogens is 2. The molecular weight excluding hydrogens is 431 g/mol. The van der Waals surface area contributed by atoms with Crippen molar-refractivity contribution in [2.75, 3.05) is 11.9 Å². The van der Waals surface area contributed by atoms with Crippen LogP contribution in [0.15, 0.2) is 54.7 Å². The number of ether oxygens (including phenoxy) is 1. The minimum absolute atomic E-state index is 0.144. The number of nitrogens with zero attached hydrogens (tertiary/aromatic N) is 2. The predicted molar refractivity (Wildman–Crippen MR) is 110 cm³/mol. The maximum Gasteiger partial charge on any atom is 0.434 e. The second kappa shape index (κ2) is 8.72. The molecule has 31 heavy (non-hydrogen) atoms. The Labute approximate surface area is 181 Å². The first-order chi connectivity index (χ1) is 14.8. The molecule has 1 aliphatic carbocycles. The second-order valence-electron chi connectivity index (χ2n) is 7.41. The molecule has 0 bridgehead atoms. The molecule has 0 aliphatic heterocycles. The fourth-order valence-electron chi connectivity index (χ4n) is 3.13. The SMILES string of the molecule is O=C(Nc1cccc(COCC2CC2)c1)c1cnn(-c2ccc(Cl)cc2)c1C(F)(F)F. The molecule has 0 saturated heterocycles. The Kier molecular flexibility index (Phi) is 6.02. The zero-order valence-electron chi connectivity index (χ0n) is 16.3. The predicted octanol–water partition coefficient (Wildman–Crippen LogP) is 5.72. The van der Waals surface area contributed by atoms with Crippen molar-refractivity contribution >= 4 is 23.2 Å². The summed E-state index contributed by atoms with van der Waals surface area (Å²) in [6.45, 7) is 1.07. The van der Waals surface area contributed by atoms with Crippen molar-refractivity contribution in [2.24, 2.45) is 5.92 Å². The largest absolute Gasteiger partial charge is 0.434 e. The topological polar surface area (TPSA) is 56.1 Å². The van der Waals surface area contributed by atoms with Crippen LogP contribution in [0.25, 0.3) is 5.69 Å². The molecule has 5 nitrogen and oxygen atoms in total. The van der Waals surface area contributed by atoms with Crippen LogP contribution >= 0.6 is 11.6 Å². The quantitative estimate of drug-likeness (QED) is 0.501. The zero-order valence-corrected chi connectivity index (χ0v) is 17.1. The summed E-state index contributed by atoms with van der Waals surface area (Å²) < 4.78 is 47.7. The lowest BCUT2D eigenvalue weighted by Crippen LogP contribution is -2.20. The van der Waals surface area contributed by atoms with Crippen LogP contribution in [0.1, 0.15) is 34.5 Å². The Balaban J connectivity index is 1.55. The standard InChI is InChI=1S/C22H19ClF3N3O2/c23-16-6-8-18(9-7-16)29-20(22(24,25)26)19(11-27-29)21(30)28-17-3-1-2-15(10-17)13-31-12-14-4-5-14/h1-3,6-11,14H,4-5,12-13H2,(H,28,30). The Morgan fingerprint density at radius 2 is 1.94 bits per heavy atom. The lowest BCUT2D eigenvalue weighted by Gasteiger charge is -2.13. The molecule has 2 aromatic carbocycles. The van der Waals surface area contributed by atoms with Crippen molar-refractivity contribution in [2.45, 2.75) is 25.6 Å². The molecule has 1 amide bonds. The number of nitrogens with one attached hydrogen (secondary N) is 1. The molecule has 1 aliphatic rings. The van der Waals surface area contributed by atoms with E-state index < -0.39 is 23.3 Å². The summed E-state index contributed by atoms with van der Waals surface area (Å²) in [6.07, 6.45) is -1.51. The summed E-state index contributed by atoms with van der Waals surface area (Å²) in [5.74, 6) is -0.274. The van der Waals surface area contributed by atoms with Crippen molar-refractivity contribution in [3.05, 3.63) is 76.6 Å². The monoisotopic (exact) mass is 449 g/mol. The lowest BCUT2D eigenvalue weighted by atomic mass is 10.2. The summed E-state index contributed by atoms with van der Waals surface area (Å²) in [6, 6.07) is 12.6. The van der Waals surface area contributed by atoms with E-state index in [0.29, 0.717) is 34.5 Å². The number of halogens is 4. The van der Waals surface area contributed by atoms with Crippen molar-refractivity contribution in [3.8, 4) is 5.69 Å². The van der Waals surface area contributed by atoms with Gasteiger partial charge in [0.05, 0.1) is 24.1 Å². The van der Waals surface area contributed by atoms with E-state index >= 15 is 0 Å². The molecule has 9 heteroatoms. The van der Waals surface area contributed by atoms with Gasteiger partial charge in [0.25, 0.3) is 5.91 Å². The van der Waals surface area contributed by atoms with Crippen LogP contribution < -0.4 is 5.32 Å². The molecule has 1 heterocycles. The van der Waals surface area contributed by atoms with E-state index in [-0.39, 0.29) is 5.69 Å². The van der Waals surface area contributed by atoms with Crippen LogP contribution in [-0.2, 0) is 17.5 Å². The molecule has 0 spiro atoms. The first-order valence-corrected chi connectivity index (χ1v) is 10.1. The highest BCUT2D eigenvalue weighted by molar-refractivity contribution is 6.30. The smallest absolute Gasteiger partial charge is 0.376 e. The van der Waals surface area contributed by atoms with Crippen LogP contribution in [0.2, 0.25) is 5.02 Å². The highest BCUT2D eigenvalue weighted by atomic mass is 35.5. The van der Waals surface area contributed by atoms with Crippen molar-refractivity contribution in [1.82, 2.24) is 9.78 Å². The summed E-state index contributed by atoms with van der Waals surface area (Å²) >= 11 is 5.81. The number of alkyl halides is 3. The van der Waals surface area contributed by atoms with E-state index in [1.54, 1.807) is 18.2 Å². The molecule has 1 N–H and O–H groups in total. The number of hydrogen-bond donors (Lipinski definition) is 1. The molecule has 0 radical (unpaired) electrons. The van der Waals surface area contributed by atoms with Gasteiger partial charge in [0, 0.05) is 17.3 Å². The first kappa shape index (κ1) is 21.4. The van der Waals surface area contributed by atoms with Crippen LogP contribution in [0.3, 0.4) is 0 Å². The van der Waals surface area contributed by atoms with Crippen LogP contribution in [0.4, 0.5) is 18.9 Å². The van der Waals surface area contributed by atoms with Crippen molar-refractivity contribution < 1.29 is 22.7 Å². The number of hydrogen-bond acceptors (Lipinski definition) is 3. The van der Waals surface area contributed by atoms with E-state index in [9.17, 15) is 18.0 Å². The highest BCUT2D eigenvalue weighted by Gasteiger charge is 2.40. The number of carbonyl (C=O) groups is 1. The molecular formula is C22H19ClF3N3O2. The molecule has 1 fully saturated rings. The van der Waals surface area contributed by atoms with Crippen molar-refractivity contribution in [3.63, 3.8) is 0 Å². The number of benzene rings is 2. The third-order valence-electron chi connectivity index (χ3n) is 4.86. The van der Waals surface area contributed by atoms with E-state index in [1.807, 2.05) is 6.07 Å². The third-order valence-corrected chi connectivity index (χ3v) is 5.11. The van der Waals surface area contributed by atoms with Gasteiger partial charge in [0.2, 0.25) is 0 Å². The Morgan fingerprint density at radius 3 is 2.61 bits per heavy atom. The minimum Gasteiger partial charge on any atom is -0.376 e. The number of carbonyl (C=O) groups excluding carboxylic acids is 1. The van der Waals surface area contributed by atoms with E-state index in [4.69, 9.17) is 16.3 Å².